The Morgan fingerprint density at radius 2 is 1.79 bits per heavy atom. The SMILES string of the molecule is COc1cc(OC)cc(C(=O)Nc2nc3scc(-c4ccc(C)cc4C)n3n2)c1. The van der Waals surface area contributed by atoms with Gasteiger partial charge in [0.2, 0.25) is 4.96 Å². The van der Waals surface area contributed by atoms with E-state index in [-0.39, 0.29) is 11.9 Å². The van der Waals surface area contributed by atoms with Crippen molar-refractivity contribution in [3.05, 3.63) is 58.5 Å². The number of aromatic nitrogens is 3. The van der Waals surface area contributed by atoms with E-state index in [1.807, 2.05) is 5.38 Å². The third kappa shape index (κ3) is 3.66. The lowest BCUT2D eigenvalue weighted by Crippen LogP contribution is -2.13. The van der Waals surface area contributed by atoms with E-state index in [4.69, 9.17) is 9.47 Å². The average molecular weight is 408 g/mol. The van der Waals surface area contributed by atoms with Crippen LogP contribution in [0.3, 0.4) is 0 Å². The molecule has 0 aliphatic carbocycles. The number of carbonyl (C=O) groups is 1. The molecule has 2 heterocycles. The van der Waals surface area contributed by atoms with Gasteiger partial charge in [0.1, 0.15) is 11.5 Å². The van der Waals surface area contributed by atoms with E-state index in [2.05, 4.69) is 47.4 Å². The lowest BCUT2D eigenvalue weighted by Gasteiger charge is -2.07. The van der Waals surface area contributed by atoms with Crippen molar-refractivity contribution in [2.24, 2.45) is 0 Å². The molecule has 0 unspecified atom stereocenters. The average Bonchev–Trinajstić information content (AvgIpc) is 3.28. The number of ether oxygens (including phenoxy) is 2. The molecule has 2 aromatic carbocycles. The van der Waals surface area contributed by atoms with Gasteiger partial charge in [-0.15, -0.1) is 16.4 Å². The zero-order valence-electron chi connectivity index (χ0n) is 16.5. The fourth-order valence-corrected chi connectivity index (χ4v) is 3.96. The van der Waals surface area contributed by atoms with Gasteiger partial charge in [0.05, 0.1) is 19.9 Å². The molecule has 0 aliphatic rings. The number of aryl methyl sites for hydroxylation is 2. The van der Waals surface area contributed by atoms with Crippen LogP contribution in [0.2, 0.25) is 0 Å². The molecule has 0 aliphatic heterocycles. The van der Waals surface area contributed by atoms with Gasteiger partial charge in [0, 0.05) is 22.6 Å². The number of amides is 1. The van der Waals surface area contributed by atoms with Crippen molar-refractivity contribution in [2.45, 2.75) is 13.8 Å². The van der Waals surface area contributed by atoms with Crippen LogP contribution in [-0.4, -0.2) is 34.7 Å². The number of thiazole rings is 1. The molecule has 1 N–H and O–H groups in total. The van der Waals surface area contributed by atoms with Crippen molar-refractivity contribution < 1.29 is 14.3 Å². The molecule has 1 amide bonds. The van der Waals surface area contributed by atoms with E-state index in [9.17, 15) is 4.79 Å². The van der Waals surface area contributed by atoms with Crippen molar-refractivity contribution in [2.75, 3.05) is 19.5 Å². The van der Waals surface area contributed by atoms with Crippen LogP contribution in [0.1, 0.15) is 21.5 Å². The fraction of sp³-hybridized carbons (Fsp3) is 0.190. The monoisotopic (exact) mass is 408 g/mol. The Morgan fingerprint density at radius 1 is 1.07 bits per heavy atom. The molecule has 8 heteroatoms. The number of nitrogens with one attached hydrogen (secondary N) is 1. The van der Waals surface area contributed by atoms with E-state index >= 15 is 0 Å². The second-order valence-corrected chi connectivity index (χ2v) is 7.46. The molecule has 0 fully saturated rings. The molecule has 7 nitrogen and oxygen atoms in total. The van der Waals surface area contributed by atoms with Crippen molar-refractivity contribution in [1.29, 1.82) is 0 Å². The maximum absolute atomic E-state index is 12.7. The summed E-state index contributed by atoms with van der Waals surface area (Å²) in [5.41, 5.74) is 4.79. The highest BCUT2D eigenvalue weighted by Crippen LogP contribution is 2.29. The highest BCUT2D eigenvalue weighted by Gasteiger charge is 2.16. The number of anilines is 1. The number of methoxy groups -OCH3 is 2. The lowest BCUT2D eigenvalue weighted by atomic mass is 10.0. The lowest BCUT2D eigenvalue weighted by molar-refractivity contribution is 0.102. The number of fused-ring (bicyclic) bond motifs is 1. The quantitative estimate of drug-likeness (QED) is 0.531. The summed E-state index contributed by atoms with van der Waals surface area (Å²) in [7, 11) is 3.08. The van der Waals surface area contributed by atoms with Gasteiger partial charge >= 0.3 is 0 Å². The smallest absolute Gasteiger partial charge is 0.258 e. The molecule has 4 aromatic rings. The van der Waals surface area contributed by atoms with Crippen LogP contribution >= 0.6 is 11.3 Å². The summed E-state index contributed by atoms with van der Waals surface area (Å²) in [5.74, 6) is 0.971. The van der Waals surface area contributed by atoms with E-state index in [1.54, 1.807) is 22.7 Å². The maximum atomic E-state index is 12.7. The number of benzene rings is 2. The molecule has 148 valence electrons. The first-order valence-corrected chi connectivity index (χ1v) is 9.83. The summed E-state index contributed by atoms with van der Waals surface area (Å²) >= 11 is 1.48. The van der Waals surface area contributed by atoms with Crippen LogP contribution in [-0.2, 0) is 0 Å². The number of hydrogen-bond acceptors (Lipinski definition) is 6. The number of carbonyl (C=O) groups excluding carboxylic acids is 1. The van der Waals surface area contributed by atoms with Gasteiger partial charge in [-0.05, 0) is 31.5 Å². The van der Waals surface area contributed by atoms with Crippen LogP contribution in [0, 0.1) is 13.8 Å². The summed E-state index contributed by atoms with van der Waals surface area (Å²) in [6.45, 7) is 4.14. The van der Waals surface area contributed by atoms with E-state index in [0.717, 1.165) is 16.8 Å². The van der Waals surface area contributed by atoms with Crippen LogP contribution in [0.5, 0.6) is 11.5 Å². The third-order valence-corrected chi connectivity index (χ3v) is 5.39. The number of rotatable bonds is 5. The molecule has 0 saturated carbocycles. The van der Waals surface area contributed by atoms with E-state index in [0.29, 0.717) is 22.0 Å². The predicted molar refractivity (Wildman–Crippen MR) is 113 cm³/mol. The Morgan fingerprint density at radius 3 is 2.45 bits per heavy atom. The Balaban J connectivity index is 1.64. The van der Waals surface area contributed by atoms with Gasteiger partial charge in [-0.2, -0.15) is 4.98 Å². The number of hydrogen-bond donors (Lipinski definition) is 1. The second-order valence-electron chi connectivity index (χ2n) is 6.62. The standard InChI is InChI=1S/C21H20N4O3S/c1-12-5-6-17(13(2)7-12)18-11-29-21-23-20(24-25(18)21)22-19(26)14-8-15(27-3)10-16(9-14)28-4/h5-11H,1-4H3,(H,22,24,26). The molecule has 4 rings (SSSR count). The minimum Gasteiger partial charge on any atom is -0.497 e. The van der Waals surface area contributed by atoms with Gasteiger partial charge in [0.15, 0.2) is 0 Å². The molecule has 0 radical (unpaired) electrons. The highest BCUT2D eigenvalue weighted by atomic mass is 32.1. The van der Waals surface area contributed by atoms with Gasteiger partial charge in [-0.1, -0.05) is 23.8 Å². The molecular formula is C21H20N4O3S. The van der Waals surface area contributed by atoms with Crippen molar-refractivity contribution >= 4 is 28.2 Å². The summed E-state index contributed by atoms with van der Waals surface area (Å²) in [6, 6.07) is 11.3. The zero-order chi connectivity index (χ0) is 20.5. The Bertz CT molecular complexity index is 1190. The Labute approximate surface area is 171 Å². The molecule has 0 saturated heterocycles. The second kappa shape index (κ2) is 7.56. The molecule has 0 atom stereocenters. The minimum atomic E-state index is -0.339. The highest BCUT2D eigenvalue weighted by molar-refractivity contribution is 7.15. The van der Waals surface area contributed by atoms with Crippen LogP contribution in [0.25, 0.3) is 16.2 Å². The Hall–Kier alpha value is -3.39. The molecule has 0 spiro atoms. The maximum Gasteiger partial charge on any atom is 0.258 e. The summed E-state index contributed by atoms with van der Waals surface area (Å²) in [5, 5.41) is 9.26. The van der Waals surface area contributed by atoms with Gasteiger partial charge < -0.3 is 9.47 Å². The molecule has 29 heavy (non-hydrogen) atoms. The molecule has 0 bridgehead atoms. The topological polar surface area (TPSA) is 77.8 Å². The summed E-state index contributed by atoms with van der Waals surface area (Å²) in [6.07, 6.45) is 0. The first kappa shape index (κ1) is 18.9. The summed E-state index contributed by atoms with van der Waals surface area (Å²) in [4.78, 5) is 17.8. The van der Waals surface area contributed by atoms with E-state index < -0.39 is 0 Å². The first-order chi connectivity index (χ1) is 14.0. The molecular weight excluding hydrogens is 388 g/mol. The first-order valence-electron chi connectivity index (χ1n) is 8.95. The fourth-order valence-electron chi connectivity index (χ4n) is 3.13. The molecule has 2 aromatic heterocycles. The predicted octanol–water partition coefficient (Wildman–Crippen LogP) is 4.34. The van der Waals surface area contributed by atoms with Crippen molar-refractivity contribution in [3.63, 3.8) is 0 Å². The van der Waals surface area contributed by atoms with Crippen molar-refractivity contribution in [1.82, 2.24) is 14.6 Å². The van der Waals surface area contributed by atoms with E-state index in [1.165, 1.54) is 31.1 Å². The van der Waals surface area contributed by atoms with Crippen LogP contribution in [0.4, 0.5) is 5.95 Å². The number of nitrogens with zero attached hydrogens (tertiary/aromatic N) is 3. The Kier molecular flexibility index (Phi) is 4.94. The van der Waals surface area contributed by atoms with Crippen LogP contribution < -0.4 is 14.8 Å². The zero-order valence-corrected chi connectivity index (χ0v) is 17.3. The van der Waals surface area contributed by atoms with Gasteiger partial charge in [0.25, 0.3) is 11.9 Å². The largest absolute Gasteiger partial charge is 0.497 e. The van der Waals surface area contributed by atoms with Gasteiger partial charge in [-0.3, -0.25) is 10.1 Å². The minimum absolute atomic E-state index is 0.245. The third-order valence-electron chi connectivity index (χ3n) is 4.58. The summed E-state index contributed by atoms with van der Waals surface area (Å²) < 4.78 is 12.2. The van der Waals surface area contributed by atoms with Crippen molar-refractivity contribution in [3.8, 4) is 22.8 Å². The normalized spacial score (nSPS) is 10.9. The van der Waals surface area contributed by atoms with Gasteiger partial charge in [-0.25, -0.2) is 4.52 Å². The van der Waals surface area contributed by atoms with Crippen LogP contribution in [0.15, 0.2) is 41.8 Å².